The molecule has 0 radical (unpaired) electrons. The van der Waals surface area contributed by atoms with Crippen LogP contribution in [0.15, 0.2) is 124 Å². The molecule has 6 rings (SSSR count). The summed E-state index contributed by atoms with van der Waals surface area (Å²) in [5.74, 6) is -0.0519. The van der Waals surface area contributed by atoms with Gasteiger partial charge in [-0.3, -0.25) is 0 Å². The number of hydrogen-bond donors (Lipinski definition) is 0. The Morgan fingerprint density at radius 3 is 1.74 bits per heavy atom. The minimum absolute atomic E-state index is 0. The van der Waals surface area contributed by atoms with Gasteiger partial charge in [0.15, 0.2) is 5.82 Å². The summed E-state index contributed by atoms with van der Waals surface area (Å²) in [6.07, 6.45) is 0. The predicted molar refractivity (Wildman–Crippen MR) is 191 cm³/mol. The number of halogens is 3. The molecule has 9 nitrogen and oxygen atoms in total. The molecule has 0 N–H and O–H groups in total. The molecular formula is C36H24Cl3KN6O3S. The first-order valence-corrected chi connectivity index (χ1v) is 17.2. The van der Waals surface area contributed by atoms with Gasteiger partial charge >= 0.3 is 51.4 Å². The van der Waals surface area contributed by atoms with Gasteiger partial charge in [0.25, 0.3) is 0 Å². The molecule has 1 aromatic heterocycles. The van der Waals surface area contributed by atoms with E-state index in [-0.39, 0.29) is 84.2 Å². The third kappa shape index (κ3) is 8.06. The number of nitriles is 1. The van der Waals surface area contributed by atoms with Crippen LogP contribution in [0.5, 0.6) is 0 Å². The van der Waals surface area contributed by atoms with Gasteiger partial charge in [-0.2, -0.15) is 10.4 Å². The topological polar surface area (TPSA) is 127 Å². The average Bonchev–Trinajstić information content (AvgIpc) is 3.43. The summed E-state index contributed by atoms with van der Waals surface area (Å²) in [6, 6.07) is 34.6. The van der Waals surface area contributed by atoms with E-state index in [2.05, 4.69) is 74.8 Å². The second kappa shape index (κ2) is 15.9. The van der Waals surface area contributed by atoms with E-state index in [4.69, 9.17) is 34.8 Å². The zero-order chi connectivity index (χ0) is 34.9. The quantitative estimate of drug-likeness (QED) is 0.0885. The molecular weight excluding hydrogens is 742 g/mol. The molecule has 0 aliphatic carbocycles. The van der Waals surface area contributed by atoms with Gasteiger partial charge in [-0.05, 0) is 80.6 Å². The first-order valence-electron chi connectivity index (χ1n) is 14.6. The summed E-state index contributed by atoms with van der Waals surface area (Å²) in [5.41, 5.74) is 6.16. The molecule has 0 bridgehead atoms. The molecule has 0 saturated heterocycles. The van der Waals surface area contributed by atoms with E-state index < -0.39 is 15.0 Å². The van der Waals surface area contributed by atoms with Crippen LogP contribution in [0.2, 0.25) is 15.1 Å². The first-order chi connectivity index (χ1) is 23.4. The Kier molecular flexibility index (Phi) is 12.0. The molecule has 1 heterocycles. The van der Waals surface area contributed by atoms with Crippen LogP contribution in [0.25, 0.3) is 16.9 Å². The third-order valence-corrected chi connectivity index (χ3v) is 9.26. The van der Waals surface area contributed by atoms with E-state index in [1.807, 2.05) is 26.0 Å². The minimum Gasteiger partial charge on any atom is -0.744 e. The van der Waals surface area contributed by atoms with Gasteiger partial charge in [0.1, 0.15) is 33.1 Å². The van der Waals surface area contributed by atoms with Crippen molar-refractivity contribution in [2.24, 2.45) is 10.2 Å². The molecule has 0 amide bonds. The van der Waals surface area contributed by atoms with E-state index in [1.165, 1.54) is 4.68 Å². The fourth-order valence-electron chi connectivity index (χ4n) is 5.10. The van der Waals surface area contributed by atoms with Gasteiger partial charge < -0.3 is 9.45 Å². The van der Waals surface area contributed by atoms with E-state index in [9.17, 15) is 18.2 Å². The molecule has 6 aromatic rings. The van der Waals surface area contributed by atoms with E-state index in [1.54, 1.807) is 36.4 Å². The molecule has 5 aromatic carbocycles. The second-order valence-corrected chi connectivity index (χ2v) is 13.6. The van der Waals surface area contributed by atoms with Gasteiger partial charge in [0.05, 0.1) is 25.7 Å². The molecule has 0 aliphatic heterocycles. The average molecular weight is 766 g/mol. The van der Waals surface area contributed by atoms with Gasteiger partial charge in [-0.15, -0.1) is 10.2 Å². The van der Waals surface area contributed by atoms with Crippen LogP contribution in [-0.4, -0.2) is 22.8 Å². The Hall–Kier alpha value is -3.38. The molecule has 0 fully saturated rings. The van der Waals surface area contributed by atoms with Crippen LogP contribution in [0, 0.1) is 25.2 Å². The maximum absolute atomic E-state index is 11.7. The number of anilines is 3. The summed E-state index contributed by atoms with van der Waals surface area (Å²) in [6.45, 7) is 4.07. The predicted octanol–water partition coefficient (Wildman–Crippen LogP) is 7.78. The fourth-order valence-corrected chi connectivity index (χ4v) is 6.63. The zero-order valence-electron chi connectivity index (χ0n) is 26.8. The fraction of sp³-hybridized carbons (Fsp3) is 0.0556. The SMILES string of the molecule is Cc1ccc(N(c2ccc(C)cc2)c2ccc(N=Nc3c(C#N)c(-c4ccccc4Cl)nn3-c3c(Cl)cc(S(=O)(=O)[O-])cc3Cl)cc2)cc1.[K+]. The van der Waals surface area contributed by atoms with E-state index in [0.29, 0.717) is 16.3 Å². The van der Waals surface area contributed by atoms with Crippen molar-refractivity contribution in [1.82, 2.24) is 9.78 Å². The molecule has 0 unspecified atom stereocenters. The van der Waals surface area contributed by atoms with Crippen molar-refractivity contribution < 1.29 is 64.4 Å². The van der Waals surface area contributed by atoms with Gasteiger partial charge in [0, 0.05) is 22.6 Å². The van der Waals surface area contributed by atoms with Crippen LogP contribution < -0.4 is 56.3 Å². The Balaban J connectivity index is 0.00000486. The minimum atomic E-state index is -4.87. The van der Waals surface area contributed by atoms with Gasteiger partial charge in [-0.1, -0.05) is 88.4 Å². The van der Waals surface area contributed by atoms with Gasteiger partial charge in [-0.25, -0.2) is 13.1 Å². The summed E-state index contributed by atoms with van der Waals surface area (Å²) in [4.78, 5) is 1.49. The van der Waals surface area contributed by atoms with Crippen LogP contribution >= 0.6 is 34.8 Å². The molecule has 244 valence electrons. The molecule has 14 heteroatoms. The van der Waals surface area contributed by atoms with Crippen molar-refractivity contribution in [2.45, 2.75) is 18.7 Å². The van der Waals surface area contributed by atoms with Crippen molar-refractivity contribution in [3.8, 4) is 23.0 Å². The zero-order valence-corrected chi connectivity index (χ0v) is 33.0. The maximum atomic E-state index is 11.7. The summed E-state index contributed by atoms with van der Waals surface area (Å²) in [5, 5.41) is 23.6. The Morgan fingerprint density at radius 1 is 0.760 bits per heavy atom. The number of hydrogen-bond acceptors (Lipinski definition) is 8. The summed E-state index contributed by atoms with van der Waals surface area (Å²) < 4.78 is 36.3. The van der Waals surface area contributed by atoms with Crippen LogP contribution in [0.1, 0.15) is 16.7 Å². The Bertz CT molecular complexity index is 2310. The van der Waals surface area contributed by atoms with Crippen molar-refractivity contribution >= 4 is 73.5 Å². The molecule has 0 spiro atoms. The van der Waals surface area contributed by atoms with Crippen molar-refractivity contribution in [3.63, 3.8) is 0 Å². The number of rotatable bonds is 8. The number of azo groups is 1. The maximum Gasteiger partial charge on any atom is 1.00 e. The van der Waals surface area contributed by atoms with Gasteiger partial charge in [0.2, 0.25) is 0 Å². The van der Waals surface area contributed by atoms with Crippen molar-refractivity contribution in [2.75, 3.05) is 4.90 Å². The number of nitrogens with zero attached hydrogens (tertiary/aromatic N) is 6. The van der Waals surface area contributed by atoms with E-state index >= 15 is 0 Å². The Labute approximate surface area is 346 Å². The normalized spacial score (nSPS) is 11.3. The van der Waals surface area contributed by atoms with Crippen molar-refractivity contribution in [1.29, 1.82) is 5.26 Å². The van der Waals surface area contributed by atoms with Crippen LogP contribution in [0.4, 0.5) is 28.6 Å². The standard InChI is InChI=1S/C36H25Cl3N6O3S.K/c1-22-7-13-25(14-8-22)44(26-15-9-23(2)10-16-26)27-17-11-24(12-18-27)41-42-36-30(21-40)34(29-5-3-4-6-31(29)37)43-45(36)35-32(38)19-28(20-33(35)39)49(46,47)48;/h3-20H,1-2H3,(H,46,47,48);/q;+1/p-1. The Morgan fingerprint density at radius 2 is 1.26 bits per heavy atom. The smallest absolute Gasteiger partial charge is 0.744 e. The van der Waals surface area contributed by atoms with E-state index in [0.717, 1.165) is 40.3 Å². The van der Waals surface area contributed by atoms with Crippen LogP contribution in [-0.2, 0) is 10.1 Å². The molecule has 0 aliphatic rings. The van der Waals surface area contributed by atoms with Crippen LogP contribution in [0.3, 0.4) is 0 Å². The monoisotopic (exact) mass is 764 g/mol. The summed E-state index contributed by atoms with van der Waals surface area (Å²) >= 11 is 19.4. The third-order valence-electron chi connectivity index (χ3n) is 7.55. The molecule has 50 heavy (non-hydrogen) atoms. The largest absolute Gasteiger partial charge is 1.00 e. The molecule has 0 saturated carbocycles. The number of aromatic nitrogens is 2. The number of benzene rings is 5. The first kappa shape index (κ1) is 37.9. The molecule has 0 atom stereocenters. The summed E-state index contributed by atoms with van der Waals surface area (Å²) in [7, 11) is -4.87. The second-order valence-electron chi connectivity index (χ2n) is 11.0. The van der Waals surface area contributed by atoms with Crippen molar-refractivity contribution in [3.05, 3.63) is 141 Å². The number of aryl methyl sites for hydroxylation is 2.